The van der Waals surface area contributed by atoms with Crippen molar-refractivity contribution in [2.75, 3.05) is 19.6 Å². The van der Waals surface area contributed by atoms with Gasteiger partial charge < -0.3 is 15.3 Å². The second kappa shape index (κ2) is 5.90. The van der Waals surface area contributed by atoms with Gasteiger partial charge in [0.25, 0.3) is 5.91 Å². The van der Waals surface area contributed by atoms with E-state index in [4.69, 9.17) is 16.7 Å². The molecule has 1 saturated heterocycles. The van der Waals surface area contributed by atoms with Crippen molar-refractivity contribution < 1.29 is 14.7 Å². The van der Waals surface area contributed by atoms with Crippen LogP contribution in [0.5, 0.6) is 0 Å². The van der Waals surface area contributed by atoms with Crippen molar-refractivity contribution in [1.29, 1.82) is 0 Å². The Balaban J connectivity index is 2.31. The van der Waals surface area contributed by atoms with Crippen molar-refractivity contribution in [3.63, 3.8) is 0 Å². The summed E-state index contributed by atoms with van der Waals surface area (Å²) in [6, 6.07) is 4.02. The standard InChI is InChI=1S/C12H12BrClN2O3/c13-9-2-1-7(14)5-8(9)11(17)16-4-3-15-6-10(16)12(18)19/h1-2,5,10,15H,3-4,6H2,(H,18,19). The number of piperazine rings is 1. The van der Waals surface area contributed by atoms with Crippen LogP contribution in [0.1, 0.15) is 10.4 Å². The van der Waals surface area contributed by atoms with Gasteiger partial charge in [0.05, 0.1) is 5.56 Å². The number of aliphatic carboxylic acids is 1. The van der Waals surface area contributed by atoms with E-state index in [1.165, 1.54) is 11.0 Å². The van der Waals surface area contributed by atoms with Gasteiger partial charge in [0, 0.05) is 29.1 Å². The highest BCUT2D eigenvalue weighted by atomic mass is 79.9. The third-order valence-electron chi connectivity index (χ3n) is 2.95. The zero-order chi connectivity index (χ0) is 14.0. The molecule has 1 heterocycles. The molecule has 1 aromatic rings. The molecule has 1 unspecified atom stereocenters. The molecule has 0 aromatic heterocycles. The van der Waals surface area contributed by atoms with E-state index in [0.717, 1.165) is 0 Å². The Kier molecular flexibility index (Phi) is 4.44. The molecule has 5 nitrogen and oxygen atoms in total. The maximum Gasteiger partial charge on any atom is 0.327 e. The van der Waals surface area contributed by atoms with Gasteiger partial charge in [0.2, 0.25) is 0 Å². The van der Waals surface area contributed by atoms with E-state index in [9.17, 15) is 9.59 Å². The van der Waals surface area contributed by atoms with Gasteiger partial charge in [0.15, 0.2) is 0 Å². The second-order valence-corrected chi connectivity index (χ2v) is 5.47. The Morgan fingerprint density at radius 2 is 2.21 bits per heavy atom. The van der Waals surface area contributed by atoms with E-state index < -0.39 is 12.0 Å². The summed E-state index contributed by atoms with van der Waals surface area (Å²) in [6.45, 7) is 1.18. The van der Waals surface area contributed by atoms with Gasteiger partial charge in [-0.25, -0.2) is 4.79 Å². The van der Waals surface area contributed by atoms with Crippen LogP contribution in [-0.4, -0.2) is 47.6 Å². The summed E-state index contributed by atoms with van der Waals surface area (Å²) < 4.78 is 0.601. The van der Waals surface area contributed by atoms with Crippen molar-refractivity contribution >= 4 is 39.4 Å². The fourth-order valence-electron chi connectivity index (χ4n) is 1.98. The predicted octanol–water partition coefficient (Wildman–Crippen LogP) is 1.60. The summed E-state index contributed by atoms with van der Waals surface area (Å²) >= 11 is 9.16. The van der Waals surface area contributed by atoms with Crippen LogP contribution in [0.3, 0.4) is 0 Å². The number of nitrogens with one attached hydrogen (secondary N) is 1. The van der Waals surface area contributed by atoms with E-state index >= 15 is 0 Å². The summed E-state index contributed by atoms with van der Waals surface area (Å²) in [7, 11) is 0. The van der Waals surface area contributed by atoms with Crippen LogP contribution >= 0.6 is 27.5 Å². The molecule has 1 amide bonds. The van der Waals surface area contributed by atoms with Crippen LogP contribution in [0.4, 0.5) is 0 Å². The number of hydrogen-bond donors (Lipinski definition) is 2. The molecule has 0 saturated carbocycles. The number of benzene rings is 1. The quantitative estimate of drug-likeness (QED) is 0.852. The smallest absolute Gasteiger partial charge is 0.327 e. The first-order valence-electron chi connectivity index (χ1n) is 5.70. The highest BCUT2D eigenvalue weighted by Gasteiger charge is 2.33. The van der Waals surface area contributed by atoms with E-state index in [-0.39, 0.29) is 12.5 Å². The van der Waals surface area contributed by atoms with Crippen LogP contribution in [0.2, 0.25) is 5.02 Å². The third kappa shape index (κ3) is 3.08. The Morgan fingerprint density at radius 3 is 2.89 bits per heavy atom. The fourth-order valence-corrected chi connectivity index (χ4v) is 2.57. The maximum absolute atomic E-state index is 12.4. The minimum absolute atomic E-state index is 0.249. The van der Waals surface area contributed by atoms with Crippen LogP contribution in [0.25, 0.3) is 0 Å². The molecule has 0 spiro atoms. The molecular formula is C12H12BrClN2O3. The number of carboxylic acids is 1. The lowest BCUT2D eigenvalue weighted by molar-refractivity contribution is -0.142. The monoisotopic (exact) mass is 346 g/mol. The largest absolute Gasteiger partial charge is 0.480 e. The normalized spacial score (nSPS) is 19.3. The van der Waals surface area contributed by atoms with Crippen molar-refractivity contribution in [1.82, 2.24) is 10.2 Å². The molecule has 7 heteroatoms. The van der Waals surface area contributed by atoms with Gasteiger partial charge in [-0.1, -0.05) is 11.6 Å². The van der Waals surface area contributed by atoms with E-state index in [0.29, 0.717) is 28.1 Å². The number of halogens is 2. The van der Waals surface area contributed by atoms with Crippen LogP contribution < -0.4 is 5.32 Å². The molecule has 0 aliphatic carbocycles. The molecule has 0 radical (unpaired) electrons. The lowest BCUT2D eigenvalue weighted by Crippen LogP contribution is -2.57. The molecule has 19 heavy (non-hydrogen) atoms. The highest BCUT2D eigenvalue weighted by Crippen LogP contribution is 2.23. The Bertz CT molecular complexity index is 524. The number of carbonyl (C=O) groups excluding carboxylic acids is 1. The fraction of sp³-hybridized carbons (Fsp3) is 0.333. The molecule has 1 aliphatic rings. The van der Waals surface area contributed by atoms with Gasteiger partial charge in [-0.15, -0.1) is 0 Å². The summed E-state index contributed by atoms with van der Waals surface area (Å²) in [5.74, 6) is -1.35. The van der Waals surface area contributed by atoms with Crippen molar-refractivity contribution in [3.05, 3.63) is 33.3 Å². The van der Waals surface area contributed by atoms with Crippen LogP contribution in [0, 0.1) is 0 Å². The number of carboxylic acid groups (broad SMARTS) is 1. The molecule has 1 fully saturated rings. The minimum atomic E-state index is -1.02. The number of rotatable bonds is 2. The maximum atomic E-state index is 12.4. The summed E-state index contributed by atoms with van der Waals surface area (Å²) in [6.07, 6.45) is 0. The molecule has 1 atom stereocenters. The molecule has 0 bridgehead atoms. The lowest BCUT2D eigenvalue weighted by Gasteiger charge is -2.33. The molecule has 1 aromatic carbocycles. The van der Waals surface area contributed by atoms with E-state index in [1.54, 1.807) is 12.1 Å². The Morgan fingerprint density at radius 1 is 1.47 bits per heavy atom. The number of carbonyl (C=O) groups is 2. The topological polar surface area (TPSA) is 69.6 Å². The van der Waals surface area contributed by atoms with Gasteiger partial charge >= 0.3 is 5.97 Å². The van der Waals surface area contributed by atoms with Gasteiger partial charge in [-0.3, -0.25) is 4.79 Å². The minimum Gasteiger partial charge on any atom is -0.480 e. The van der Waals surface area contributed by atoms with Crippen molar-refractivity contribution in [3.8, 4) is 0 Å². The van der Waals surface area contributed by atoms with E-state index in [2.05, 4.69) is 21.2 Å². The molecular weight excluding hydrogens is 336 g/mol. The van der Waals surface area contributed by atoms with E-state index in [1.807, 2.05) is 0 Å². The van der Waals surface area contributed by atoms with Gasteiger partial charge in [0.1, 0.15) is 6.04 Å². The highest BCUT2D eigenvalue weighted by molar-refractivity contribution is 9.10. The molecule has 2 rings (SSSR count). The van der Waals surface area contributed by atoms with Crippen molar-refractivity contribution in [2.24, 2.45) is 0 Å². The number of hydrogen-bond acceptors (Lipinski definition) is 3. The Labute approximate surface area is 123 Å². The summed E-state index contributed by atoms with van der Waals surface area (Å²) in [4.78, 5) is 25.0. The van der Waals surface area contributed by atoms with Crippen molar-refractivity contribution in [2.45, 2.75) is 6.04 Å². The van der Waals surface area contributed by atoms with Crippen LogP contribution in [0.15, 0.2) is 22.7 Å². The first-order valence-corrected chi connectivity index (χ1v) is 6.87. The summed E-state index contributed by atoms with van der Waals surface area (Å²) in [5.41, 5.74) is 0.376. The average Bonchev–Trinajstić information content (AvgIpc) is 2.40. The zero-order valence-corrected chi connectivity index (χ0v) is 12.2. The first-order chi connectivity index (χ1) is 9.00. The van der Waals surface area contributed by atoms with Gasteiger partial charge in [-0.05, 0) is 34.1 Å². The number of amides is 1. The number of nitrogens with zero attached hydrogens (tertiary/aromatic N) is 1. The van der Waals surface area contributed by atoms with Gasteiger partial charge in [-0.2, -0.15) is 0 Å². The summed E-state index contributed by atoms with van der Waals surface area (Å²) in [5, 5.41) is 12.6. The first kappa shape index (κ1) is 14.3. The van der Waals surface area contributed by atoms with Crippen LogP contribution in [-0.2, 0) is 4.79 Å². The lowest BCUT2D eigenvalue weighted by atomic mass is 10.1. The third-order valence-corrected chi connectivity index (χ3v) is 3.87. The predicted molar refractivity (Wildman–Crippen MR) is 74.5 cm³/mol. The zero-order valence-electron chi connectivity index (χ0n) is 9.90. The molecule has 102 valence electrons. The molecule has 2 N–H and O–H groups in total. The molecule has 1 aliphatic heterocycles. The Hall–Kier alpha value is -1.11. The average molecular weight is 348 g/mol. The second-order valence-electron chi connectivity index (χ2n) is 4.18. The SMILES string of the molecule is O=C(O)C1CNCCN1C(=O)c1cc(Cl)ccc1Br.